The van der Waals surface area contributed by atoms with E-state index in [-0.39, 0.29) is 18.1 Å². The fraction of sp³-hybridized carbons (Fsp3) is 0.381. The number of hydrogen-bond acceptors (Lipinski definition) is 5. The van der Waals surface area contributed by atoms with Crippen molar-refractivity contribution >= 4 is 12.0 Å². The molecule has 27 heavy (non-hydrogen) atoms. The standard InChI is InChI=1S/C21H28N2O4/c1-15(2)27-19-10-8-16(13-20(19)25-5)9-11-21(24)22-14-17(23(3)4)18-7-6-12-26-18/h6-13,15,17H,14H2,1-5H3,(H,22,24). The molecule has 0 aliphatic rings. The van der Waals surface area contributed by atoms with Gasteiger partial charge < -0.3 is 19.2 Å². The van der Waals surface area contributed by atoms with Crippen molar-refractivity contribution in [1.29, 1.82) is 0 Å². The van der Waals surface area contributed by atoms with Crippen LogP contribution in [0, 0.1) is 0 Å². The van der Waals surface area contributed by atoms with E-state index in [2.05, 4.69) is 5.32 Å². The fourth-order valence-electron chi connectivity index (χ4n) is 2.59. The molecule has 0 aliphatic heterocycles. The number of likely N-dealkylation sites (N-methyl/N-ethyl adjacent to an activating group) is 1. The van der Waals surface area contributed by atoms with Gasteiger partial charge in [0.25, 0.3) is 0 Å². The van der Waals surface area contributed by atoms with Gasteiger partial charge in [-0.3, -0.25) is 9.69 Å². The zero-order valence-corrected chi connectivity index (χ0v) is 16.6. The lowest BCUT2D eigenvalue weighted by Crippen LogP contribution is -2.33. The molecular weight excluding hydrogens is 344 g/mol. The third-order valence-electron chi connectivity index (χ3n) is 3.94. The Hall–Kier alpha value is -2.73. The maximum Gasteiger partial charge on any atom is 0.244 e. The highest BCUT2D eigenvalue weighted by molar-refractivity contribution is 5.91. The number of benzene rings is 1. The molecule has 0 aliphatic carbocycles. The van der Waals surface area contributed by atoms with Crippen LogP contribution in [0.3, 0.4) is 0 Å². The summed E-state index contributed by atoms with van der Waals surface area (Å²) in [5.41, 5.74) is 0.855. The maximum absolute atomic E-state index is 12.2. The molecule has 1 aromatic carbocycles. The van der Waals surface area contributed by atoms with Crippen LogP contribution in [0.2, 0.25) is 0 Å². The first-order chi connectivity index (χ1) is 12.9. The van der Waals surface area contributed by atoms with E-state index in [0.29, 0.717) is 18.0 Å². The van der Waals surface area contributed by atoms with Crippen molar-refractivity contribution in [3.05, 3.63) is 54.0 Å². The Morgan fingerprint density at radius 1 is 1.26 bits per heavy atom. The van der Waals surface area contributed by atoms with Crippen molar-refractivity contribution in [2.24, 2.45) is 0 Å². The van der Waals surface area contributed by atoms with E-state index < -0.39 is 0 Å². The highest BCUT2D eigenvalue weighted by atomic mass is 16.5. The number of hydrogen-bond donors (Lipinski definition) is 1. The molecule has 0 saturated carbocycles. The summed E-state index contributed by atoms with van der Waals surface area (Å²) in [6.45, 7) is 4.37. The summed E-state index contributed by atoms with van der Waals surface area (Å²) < 4.78 is 16.5. The van der Waals surface area contributed by atoms with Crippen LogP contribution in [-0.2, 0) is 4.79 Å². The van der Waals surface area contributed by atoms with E-state index in [9.17, 15) is 4.79 Å². The molecule has 1 amide bonds. The van der Waals surface area contributed by atoms with E-state index in [4.69, 9.17) is 13.9 Å². The van der Waals surface area contributed by atoms with Crippen LogP contribution in [0.15, 0.2) is 47.1 Å². The number of carbonyl (C=O) groups excluding carboxylic acids is 1. The van der Waals surface area contributed by atoms with Crippen LogP contribution in [0.4, 0.5) is 0 Å². The van der Waals surface area contributed by atoms with Crippen LogP contribution < -0.4 is 14.8 Å². The molecule has 6 nitrogen and oxygen atoms in total. The highest BCUT2D eigenvalue weighted by Crippen LogP contribution is 2.29. The van der Waals surface area contributed by atoms with Crippen LogP contribution in [-0.4, -0.2) is 44.7 Å². The first-order valence-electron chi connectivity index (χ1n) is 8.91. The lowest BCUT2D eigenvalue weighted by Gasteiger charge is -2.22. The largest absolute Gasteiger partial charge is 0.493 e. The predicted molar refractivity (Wildman–Crippen MR) is 106 cm³/mol. The van der Waals surface area contributed by atoms with Gasteiger partial charge in [0.15, 0.2) is 11.5 Å². The van der Waals surface area contributed by atoms with Gasteiger partial charge >= 0.3 is 0 Å². The lowest BCUT2D eigenvalue weighted by atomic mass is 10.1. The van der Waals surface area contributed by atoms with Crippen molar-refractivity contribution in [2.45, 2.75) is 26.0 Å². The Balaban J connectivity index is 1.97. The second kappa shape index (κ2) is 9.83. The molecular formula is C21H28N2O4. The summed E-state index contributed by atoms with van der Waals surface area (Å²) in [6.07, 6.45) is 4.94. The topological polar surface area (TPSA) is 63.9 Å². The molecule has 1 N–H and O–H groups in total. The number of amides is 1. The molecule has 0 bridgehead atoms. The van der Waals surface area contributed by atoms with Crippen molar-refractivity contribution in [1.82, 2.24) is 10.2 Å². The zero-order chi connectivity index (χ0) is 19.8. The van der Waals surface area contributed by atoms with E-state index in [1.165, 1.54) is 6.08 Å². The summed E-state index contributed by atoms with van der Waals surface area (Å²) in [6, 6.07) is 9.29. The van der Waals surface area contributed by atoms with E-state index in [1.807, 2.05) is 63.2 Å². The Labute approximate surface area is 160 Å². The molecule has 0 radical (unpaired) electrons. The summed E-state index contributed by atoms with van der Waals surface area (Å²) in [5.74, 6) is 1.96. The summed E-state index contributed by atoms with van der Waals surface area (Å²) in [4.78, 5) is 14.2. The van der Waals surface area contributed by atoms with Crippen LogP contribution in [0.1, 0.15) is 31.2 Å². The zero-order valence-electron chi connectivity index (χ0n) is 16.6. The van der Waals surface area contributed by atoms with Gasteiger partial charge in [0.1, 0.15) is 5.76 Å². The second-order valence-electron chi connectivity index (χ2n) is 6.65. The number of nitrogens with zero attached hydrogens (tertiary/aromatic N) is 1. The first kappa shape index (κ1) is 20.6. The van der Waals surface area contributed by atoms with E-state index in [0.717, 1.165) is 11.3 Å². The molecule has 1 heterocycles. The summed E-state index contributed by atoms with van der Waals surface area (Å²) in [7, 11) is 5.49. The number of ether oxygens (including phenoxy) is 2. The van der Waals surface area contributed by atoms with Crippen molar-refractivity contribution in [3.63, 3.8) is 0 Å². The SMILES string of the molecule is COc1cc(C=CC(=O)NCC(c2ccco2)N(C)C)ccc1OC(C)C. The number of carbonyl (C=O) groups is 1. The number of nitrogens with one attached hydrogen (secondary N) is 1. The maximum atomic E-state index is 12.2. The number of furan rings is 1. The molecule has 0 spiro atoms. The molecule has 0 fully saturated rings. The predicted octanol–water partition coefficient (Wildman–Crippen LogP) is 3.51. The molecule has 1 aromatic heterocycles. The molecule has 2 rings (SSSR count). The number of rotatable bonds is 9. The lowest BCUT2D eigenvalue weighted by molar-refractivity contribution is -0.116. The van der Waals surface area contributed by atoms with Crippen LogP contribution >= 0.6 is 0 Å². The van der Waals surface area contributed by atoms with E-state index in [1.54, 1.807) is 19.4 Å². The van der Waals surface area contributed by atoms with Gasteiger partial charge in [0, 0.05) is 12.6 Å². The minimum absolute atomic E-state index is 0.0232. The average molecular weight is 372 g/mol. The minimum Gasteiger partial charge on any atom is -0.493 e. The van der Waals surface area contributed by atoms with Crippen molar-refractivity contribution in [3.8, 4) is 11.5 Å². The van der Waals surface area contributed by atoms with Gasteiger partial charge in [0.2, 0.25) is 5.91 Å². The average Bonchev–Trinajstić information content (AvgIpc) is 3.14. The summed E-state index contributed by atoms with van der Waals surface area (Å²) in [5, 5.41) is 2.91. The number of methoxy groups -OCH3 is 1. The Bertz CT molecular complexity index is 752. The Morgan fingerprint density at radius 3 is 2.63 bits per heavy atom. The van der Waals surface area contributed by atoms with Gasteiger partial charge in [-0.1, -0.05) is 6.07 Å². The van der Waals surface area contributed by atoms with Gasteiger partial charge in [-0.05, 0) is 63.8 Å². The minimum atomic E-state index is -0.171. The monoisotopic (exact) mass is 372 g/mol. The third kappa shape index (κ3) is 6.18. The molecule has 1 atom stereocenters. The summed E-state index contributed by atoms with van der Waals surface area (Å²) >= 11 is 0. The molecule has 2 aromatic rings. The molecule has 0 saturated heterocycles. The van der Waals surface area contributed by atoms with Gasteiger partial charge in [-0.15, -0.1) is 0 Å². The molecule has 146 valence electrons. The fourth-order valence-corrected chi connectivity index (χ4v) is 2.59. The Kier molecular flexibility index (Phi) is 7.49. The third-order valence-corrected chi connectivity index (χ3v) is 3.94. The van der Waals surface area contributed by atoms with Gasteiger partial charge in [-0.25, -0.2) is 0 Å². The van der Waals surface area contributed by atoms with Crippen LogP contribution in [0.25, 0.3) is 6.08 Å². The quantitative estimate of drug-likeness (QED) is 0.683. The second-order valence-corrected chi connectivity index (χ2v) is 6.65. The van der Waals surface area contributed by atoms with E-state index >= 15 is 0 Å². The van der Waals surface area contributed by atoms with Crippen LogP contribution in [0.5, 0.6) is 11.5 Å². The van der Waals surface area contributed by atoms with Crippen molar-refractivity contribution < 1.29 is 18.7 Å². The highest BCUT2D eigenvalue weighted by Gasteiger charge is 2.17. The normalized spacial score (nSPS) is 12.6. The first-order valence-corrected chi connectivity index (χ1v) is 8.91. The Morgan fingerprint density at radius 2 is 2.04 bits per heavy atom. The molecule has 1 unspecified atom stereocenters. The molecule has 6 heteroatoms. The van der Waals surface area contributed by atoms with Gasteiger partial charge in [-0.2, -0.15) is 0 Å². The smallest absolute Gasteiger partial charge is 0.244 e. The van der Waals surface area contributed by atoms with Gasteiger partial charge in [0.05, 0.1) is 25.5 Å². The van der Waals surface area contributed by atoms with Crippen molar-refractivity contribution in [2.75, 3.05) is 27.7 Å².